The van der Waals surface area contributed by atoms with Crippen LogP contribution in [-0.4, -0.2) is 66.7 Å². The Hall–Kier alpha value is -4.19. The van der Waals surface area contributed by atoms with E-state index in [1.54, 1.807) is 33.2 Å². The van der Waals surface area contributed by atoms with Gasteiger partial charge in [0.25, 0.3) is 0 Å². The second kappa shape index (κ2) is 14.4. The van der Waals surface area contributed by atoms with Gasteiger partial charge in [-0.1, -0.05) is 44.2 Å². The molecule has 3 rings (SSSR count). The normalized spacial score (nSPS) is 14.5. The summed E-state index contributed by atoms with van der Waals surface area (Å²) in [6.45, 7) is 9.15. The summed E-state index contributed by atoms with van der Waals surface area (Å²) in [6, 6.07) is 6.47. The molecule has 0 spiro atoms. The Morgan fingerprint density at radius 2 is 1.66 bits per heavy atom. The number of aromatic amines is 2. The first-order chi connectivity index (χ1) is 19.4. The first-order valence-corrected chi connectivity index (χ1v) is 13.7. The molecule has 1 aromatic carbocycles. The van der Waals surface area contributed by atoms with E-state index in [0.29, 0.717) is 17.9 Å². The number of rotatable bonds is 13. The SMILES string of the molecule is CC(C)C[C@H](NC(=O)[C@H](Cc1c[nH]cn1)NC(=O)[C@H](Cc1ccccc1)NC(=O)OC(C)(C)C)[C@@H](O)c1ncc[nH]1. The number of carbonyl (C=O) groups is 3. The molecule has 222 valence electrons. The molecule has 2 heterocycles. The maximum Gasteiger partial charge on any atom is 0.408 e. The maximum absolute atomic E-state index is 13.6. The number of H-pyrrole nitrogens is 2. The molecule has 0 saturated heterocycles. The number of carbonyl (C=O) groups excluding carboxylic acids is 3. The largest absolute Gasteiger partial charge is 0.444 e. The van der Waals surface area contributed by atoms with Crippen molar-refractivity contribution in [1.29, 1.82) is 0 Å². The fourth-order valence-electron chi connectivity index (χ4n) is 4.29. The van der Waals surface area contributed by atoms with Crippen LogP contribution in [0.15, 0.2) is 55.2 Å². The third-order valence-electron chi connectivity index (χ3n) is 6.12. The minimum absolute atomic E-state index is 0.0802. The minimum Gasteiger partial charge on any atom is -0.444 e. The zero-order valence-corrected chi connectivity index (χ0v) is 24.2. The number of alkyl carbamates (subject to hydrolysis) is 1. The summed E-state index contributed by atoms with van der Waals surface area (Å²) in [5.41, 5.74) is 0.605. The van der Waals surface area contributed by atoms with E-state index in [9.17, 15) is 19.5 Å². The third kappa shape index (κ3) is 10.4. The lowest BCUT2D eigenvalue weighted by molar-refractivity contribution is -0.131. The first kappa shape index (κ1) is 31.3. The van der Waals surface area contributed by atoms with Crippen LogP contribution >= 0.6 is 0 Å². The quantitative estimate of drug-likeness (QED) is 0.184. The molecule has 12 heteroatoms. The van der Waals surface area contributed by atoms with Gasteiger partial charge < -0.3 is 35.8 Å². The third-order valence-corrected chi connectivity index (χ3v) is 6.12. The van der Waals surface area contributed by atoms with E-state index in [0.717, 1.165) is 5.56 Å². The van der Waals surface area contributed by atoms with E-state index in [1.165, 1.54) is 12.5 Å². The molecule has 0 aliphatic heterocycles. The molecule has 0 aliphatic carbocycles. The molecule has 12 nitrogen and oxygen atoms in total. The van der Waals surface area contributed by atoms with Crippen molar-refractivity contribution >= 4 is 17.9 Å². The average molecular weight is 568 g/mol. The Morgan fingerprint density at radius 3 is 2.24 bits per heavy atom. The summed E-state index contributed by atoms with van der Waals surface area (Å²) in [6.07, 6.45) is 5.13. The van der Waals surface area contributed by atoms with Crippen LogP contribution in [0.3, 0.4) is 0 Å². The van der Waals surface area contributed by atoms with Gasteiger partial charge in [0, 0.05) is 31.4 Å². The van der Waals surface area contributed by atoms with E-state index in [1.807, 2.05) is 44.2 Å². The van der Waals surface area contributed by atoms with E-state index in [-0.39, 0.29) is 18.8 Å². The van der Waals surface area contributed by atoms with Crippen LogP contribution in [0.4, 0.5) is 4.79 Å². The van der Waals surface area contributed by atoms with Gasteiger partial charge in [-0.25, -0.2) is 14.8 Å². The van der Waals surface area contributed by atoms with Crippen molar-refractivity contribution in [3.05, 3.63) is 72.3 Å². The summed E-state index contributed by atoms with van der Waals surface area (Å²) in [5, 5.41) is 19.3. The number of imidazole rings is 2. The number of benzene rings is 1. The molecule has 0 saturated carbocycles. The average Bonchev–Trinajstić information content (AvgIpc) is 3.61. The zero-order valence-electron chi connectivity index (χ0n) is 24.2. The molecule has 0 bridgehead atoms. The summed E-state index contributed by atoms with van der Waals surface area (Å²) in [5.74, 6) is -0.596. The Morgan fingerprint density at radius 1 is 0.976 bits per heavy atom. The lowest BCUT2D eigenvalue weighted by Gasteiger charge is -2.28. The Kier molecular flexibility index (Phi) is 11.0. The highest BCUT2D eigenvalue weighted by Gasteiger charge is 2.32. The Balaban J connectivity index is 1.82. The van der Waals surface area contributed by atoms with Crippen LogP contribution in [0.1, 0.15) is 64.2 Å². The number of hydrogen-bond donors (Lipinski definition) is 6. The van der Waals surface area contributed by atoms with Crippen molar-refractivity contribution in [3.63, 3.8) is 0 Å². The summed E-state index contributed by atoms with van der Waals surface area (Å²) >= 11 is 0. The molecular formula is C29H41N7O5. The van der Waals surface area contributed by atoms with Gasteiger partial charge in [-0.05, 0) is 38.7 Å². The van der Waals surface area contributed by atoms with Gasteiger partial charge in [-0.15, -0.1) is 0 Å². The number of nitrogens with zero attached hydrogens (tertiary/aromatic N) is 2. The maximum atomic E-state index is 13.6. The number of hydrogen-bond acceptors (Lipinski definition) is 7. The molecule has 0 aliphatic rings. The van der Waals surface area contributed by atoms with Crippen molar-refractivity contribution in [2.24, 2.45) is 5.92 Å². The topological polar surface area (TPSA) is 174 Å². The highest BCUT2D eigenvalue weighted by Crippen LogP contribution is 2.19. The number of nitrogens with one attached hydrogen (secondary N) is 5. The molecule has 4 atom stereocenters. The molecular weight excluding hydrogens is 526 g/mol. The van der Waals surface area contributed by atoms with Gasteiger partial charge in [0.2, 0.25) is 11.8 Å². The van der Waals surface area contributed by atoms with Gasteiger partial charge in [0.1, 0.15) is 29.6 Å². The number of ether oxygens (including phenoxy) is 1. The van der Waals surface area contributed by atoms with Crippen molar-refractivity contribution in [2.45, 2.75) is 83.7 Å². The second-order valence-corrected chi connectivity index (χ2v) is 11.4. The molecule has 0 unspecified atom stereocenters. The molecule has 3 amide bonds. The molecule has 2 aromatic heterocycles. The summed E-state index contributed by atoms with van der Waals surface area (Å²) in [7, 11) is 0. The van der Waals surface area contributed by atoms with Crippen LogP contribution in [0.5, 0.6) is 0 Å². The van der Waals surface area contributed by atoms with Crippen LogP contribution in [0.2, 0.25) is 0 Å². The van der Waals surface area contributed by atoms with Crippen molar-refractivity contribution < 1.29 is 24.2 Å². The van der Waals surface area contributed by atoms with E-state index in [4.69, 9.17) is 4.74 Å². The smallest absolute Gasteiger partial charge is 0.408 e. The number of amides is 3. The van der Waals surface area contributed by atoms with Crippen molar-refractivity contribution in [2.75, 3.05) is 0 Å². The number of aromatic nitrogens is 4. The number of aliphatic hydroxyl groups excluding tert-OH is 1. The summed E-state index contributed by atoms with van der Waals surface area (Å²) < 4.78 is 5.38. The van der Waals surface area contributed by atoms with Crippen LogP contribution in [-0.2, 0) is 27.2 Å². The molecule has 0 radical (unpaired) electrons. The zero-order chi connectivity index (χ0) is 30.0. The van der Waals surface area contributed by atoms with Gasteiger partial charge in [-0.2, -0.15) is 0 Å². The van der Waals surface area contributed by atoms with Gasteiger partial charge in [-0.3, -0.25) is 9.59 Å². The first-order valence-electron chi connectivity index (χ1n) is 13.7. The van der Waals surface area contributed by atoms with Crippen LogP contribution in [0.25, 0.3) is 0 Å². The van der Waals surface area contributed by atoms with Gasteiger partial charge in [0.05, 0.1) is 18.1 Å². The highest BCUT2D eigenvalue weighted by atomic mass is 16.6. The predicted molar refractivity (Wildman–Crippen MR) is 152 cm³/mol. The van der Waals surface area contributed by atoms with Crippen LogP contribution in [0, 0.1) is 5.92 Å². The lowest BCUT2D eigenvalue weighted by atomic mass is 9.97. The number of aliphatic hydroxyl groups is 1. The van der Waals surface area contributed by atoms with E-state index >= 15 is 0 Å². The Labute approximate surface area is 240 Å². The predicted octanol–water partition coefficient (Wildman–Crippen LogP) is 2.56. The van der Waals surface area contributed by atoms with Crippen molar-refractivity contribution in [1.82, 2.24) is 35.9 Å². The van der Waals surface area contributed by atoms with Gasteiger partial charge >= 0.3 is 6.09 Å². The van der Waals surface area contributed by atoms with E-state index < -0.39 is 47.7 Å². The molecule has 41 heavy (non-hydrogen) atoms. The summed E-state index contributed by atoms with van der Waals surface area (Å²) in [4.78, 5) is 54.0. The standard InChI is InChI=1S/C29H41N7O5/c1-18(2)13-21(24(37)25-31-11-12-32-25)34-27(39)23(15-20-16-30-17-33-20)35-26(38)22(14-19-9-7-6-8-10-19)36-28(40)41-29(3,4)5/h6-12,16-18,21-24,37H,13-15H2,1-5H3,(H,30,33)(H,31,32)(H,34,39)(H,35,38)(H,36,40)/t21-,22-,23-,24+/m0/s1. The second-order valence-electron chi connectivity index (χ2n) is 11.4. The lowest BCUT2D eigenvalue weighted by Crippen LogP contribution is -2.57. The Bertz CT molecular complexity index is 1220. The highest BCUT2D eigenvalue weighted by molar-refractivity contribution is 5.91. The van der Waals surface area contributed by atoms with Gasteiger partial charge in [0.15, 0.2) is 0 Å². The van der Waals surface area contributed by atoms with E-state index in [2.05, 4.69) is 35.9 Å². The fourth-order valence-corrected chi connectivity index (χ4v) is 4.29. The van der Waals surface area contributed by atoms with Crippen LogP contribution < -0.4 is 16.0 Å². The molecule has 0 fully saturated rings. The molecule has 6 N–H and O–H groups in total. The molecule has 3 aromatic rings. The monoisotopic (exact) mass is 567 g/mol. The van der Waals surface area contributed by atoms with Crippen molar-refractivity contribution in [3.8, 4) is 0 Å². The minimum atomic E-state index is -1.09. The fraction of sp³-hybridized carbons (Fsp3) is 0.483.